The molecule has 160 valence electrons. The van der Waals surface area contributed by atoms with E-state index in [1.807, 2.05) is 18.2 Å². The van der Waals surface area contributed by atoms with Crippen molar-refractivity contribution in [2.75, 3.05) is 24.6 Å². The molecule has 4 aromatic rings. The van der Waals surface area contributed by atoms with Gasteiger partial charge in [0.15, 0.2) is 0 Å². The highest BCUT2D eigenvalue weighted by molar-refractivity contribution is 5.63. The maximum atomic E-state index is 12.6. The Labute approximate surface area is 186 Å². The van der Waals surface area contributed by atoms with Crippen LogP contribution in [0.15, 0.2) is 84.0 Å². The molecule has 7 heteroatoms. The Morgan fingerprint density at radius 1 is 0.969 bits per heavy atom. The third-order valence-corrected chi connectivity index (χ3v) is 5.69. The Kier molecular flexibility index (Phi) is 5.47. The fourth-order valence-corrected chi connectivity index (χ4v) is 3.94. The molecule has 32 heavy (non-hydrogen) atoms. The lowest BCUT2D eigenvalue weighted by molar-refractivity contribution is 0.0390. The largest absolute Gasteiger partial charge is 0.370 e. The predicted molar refractivity (Wildman–Crippen MR) is 123 cm³/mol. The zero-order valence-electron chi connectivity index (χ0n) is 17.8. The van der Waals surface area contributed by atoms with E-state index in [2.05, 4.69) is 51.3 Å². The fraction of sp³-hybridized carbons (Fsp3) is 0.200. The molecule has 1 atom stereocenters. The van der Waals surface area contributed by atoms with Crippen LogP contribution in [0.2, 0.25) is 0 Å². The summed E-state index contributed by atoms with van der Waals surface area (Å²) in [5.74, 6) is 0.611. The summed E-state index contributed by atoms with van der Waals surface area (Å²) in [4.78, 5) is 27.7. The van der Waals surface area contributed by atoms with Crippen LogP contribution in [0.1, 0.15) is 11.7 Å². The molecular weight excluding hydrogens is 402 g/mol. The van der Waals surface area contributed by atoms with Crippen LogP contribution in [-0.2, 0) is 11.8 Å². The molecule has 2 aromatic carbocycles. The molecule has 0 bridgehead atoms. The van der Waals surface area contributed by atoms with Crippen LogP contribution in [0.25, 0.3) is 22.5 Å². The first-order chi connectivity index (χ1) is 15.7. The molecule has 1 saturated heterocycles. The normalized spacial score (nSPS) is 16.2. The number of hydrogen-bond donors (Lipinski definition) is 0. The second-order valence-corrected chi connectivity index (χ2v) is 7.73. The topological polar surface area (TPSA) is 73.1 Å². The molecule has 3 heterocycles. The summed E-state index contributed by atoms with van der Waals surface area (Å²) in [6, 6.07) is 22.0. The highest BCUT2D eigenvalue weighted by atomic mass is 16.5. The molecule has 7 nitrogen and oxygen atoms in total. The molecule has 5 rings (SSSR count). The summed E-state index contributed by atoms with van der Waals surface area (Å²) >= 11 is 0. The number of aromatic nitrogens is 4. The Bertz CT molecular complexity index is 1260. The lowest BCUT2D eigenvalue weighted by Crippen LogP contribution is -2.41. The molecular formula is C25H23N5O2. The van der Waals surface area contributed by atoms with Crippen molar-refractivity contribution >= 4 is 5.95 Å². The van der Waals surface area contributed by atoms with Gasteiger partial charge < -0.3 is 9.64 Å². The monoisotopic (exact) mass is 425 g/mol. The molecule has 0 amide bonds. The van der Waals surface area contributed by atoms with E-state index in [1.54, 1.807) is 23.9 Å². The Morgan fingerprint density at radius 3 is 2.50 bits per heavy atom. The first-order valence-electron chi connectivity index (χ1n) is 10.6. The van der Waals surface area contributed by atoms with Crippen molar-refractivity contribution < 1.29 is 4.74 Å². The van der Waals surface area contributed by atoms with Gasteiger partial charge in [-0.1, -0.05) is 54.6 Å². The fourth-order valence-electron chi connectivity index (χ4n) is 3.94. The Hall–Kier alpha value is -3.84. The summed E-state index contributed by atoms with van der Waals surface area (Å²) in [5, 5.41) is 0. The van der Waals surface area contributed by atoms with Gasteiger partial charge in [0.25, 0.3) is 5.56 Å². The van der Waals surface area contributed by atoms with E-state index >= 15 is 0 Å². The summed E-state index contributed by atoms with van der Waals surface area (Å²) < 4.78 is 7.64. The highest BCUT2D eigenvalue weighted by Gasteiger charge is 2.25. The molecule has 2 aromatic heterocycles. The second kappa shape index (κ2) is 8.72. The van der Waals surface area contributed by atoms with Gasteiger partial charge in [0.1, 0.15) is 12.4 Å². The lowest BCUT2D eigenvalue weighted by Gasteiger charge is -2.34. The minimum absolute atomic E-state index is 0.104. The lowest BCUT2D eigenvalue weighted by atomic mass is 10.0. The van der Waals surface area contributed by atoms with Gasteiger partial charge in [-0.2, -0.15) is 0 Å². The van der Waals surface area contributed by atoms with Crippen LogP contribution in [0.3, 0.4) is 0 Å². The zero-order chi connectivity index (χ0) is 21.9. The first kappa shape index (κ1) is 20.1. The molecule has 0 saturated carbocycles. The number of anilines is 1. The molecule has 0 N–H and O–H groups in total. The SMILES string of the molecule is Cn1c(N2CCOC(c3ccc(-c4ccccc4)cc3)C2)nc(-c2ccncn2)cc1=O. The summed E-state index contributed by atoms with van der Waals surface area (Å²) in [7, 11) is 1.74. The molecule has 0 spiro atoms. The minimum Gasteiger partial charge on any atom is -0.370 e. The van der Waals surface area contributed by atoms with E-state index in [4.69, 9.17) is 9.72 Å². The van der Waals surface area contributed by atoms with Gasteiger partial charge in [-0.25, -0.2) is 15.0 Å². The van der Waals surface area contributed by atoms with Gasteiger partial charge in [0, 0.05) is 25.9 Å². The smallest absolute Gasteiger partial charge is 0.255 e. The van der Waals surface area contributed by atoms with Crippen LogP contribution in [0, 0.1) is 0 Å². The highest BCUT2D eigenvalue weighted by Crippen LogP contribution is 2.28. The molecule has 1 aliphatic rings. The number of nitrogens with zero attached hydrogens (tertiary/aromatic N) is 5. The standard InChI is InChI=1S/C25H23N5O2/c1-29-24(31)15-22(21-11-12-26-17-27-21)28-25(29)30-13-14-32-23(16-30)20-9-7-19(8-10-20)18-5-3-2-4-6-18/h2-12,15,17,23H,13-14,16H2,1H3. The predicted octanol–water partition coefficient (Wildman–Crippen LogP) is 3.48. The molecule has 0 radical (unpaired) electrons. The molecule has 0 aliphatic carbocycles. The van der Waals surface area contributed by atoms with E-state index in [0.717, 1.165) is 5.56 Å². The van der Waals surface area contributed by atoms with E-state index in [1.165, 1.54) is 23.5 Å². The third-order valence-electron chi connectivity index (χ3n) is 5.69. The number of morpholine rings is 1. The number of hydrogen-bond acceptors (Lipinski definition) is 6. The van der Waals surface area contributed by atoms with Gasteiger partial charge in [-0.3, -0.25) is 9.36 Å². The van der Waals surface area contributed by atoms with Gasteiger partial charge >= 0.3 is 0 Å². The van der Waals surface area contributed by atoms with Crippen molar-refractivity contribution in [1.29, 1.82) is 0 Å². The van der Waals surface area contributed by atoms with Crippen LogP contribution in [-0.4, -0.2) is 39.2 Å². The van der Waals surface area contributed by atoms with E-state index in [9.17, 15) is 4.79 Å². The molecule has 1 fully saturated rings. The number of ether oxygens (including phenoxy) is 1. The van der Waals surface area contributed by atoms with Crippen molar-refractivity contribution in [3.05, 3.63) is 95.2 Å². The van der Waals surface area contributed by atoms with Crippen molar-refractivity contribution in [1.82, 2.24) is 19.5 Å². The van der Waals surface area contributed by atoms with Gasteiger partial charge in [0.2, 0.25) is 5.95 Å². The molecule has 1 aliphatic heterocycles. The summed E-state index contributed by atoms with van der Waals surface area (Å²) in [6.07, 6.45) is 3.00. The van der Waals surface area contributed by atoms with Crippen LogP contribution in [0.4, 0.5) is 5.95 Å². The third kappa shape index (κ3) is 4.02. The summed E-state index contributed by atoms with van der Waals surface area (Å²) in [6.45, 7) is 1.82. The van der Waals surface area contributed by atoms with E-state index < -0.39 is 0 Å². The van der Waals surface area contributed by atoms with Gasteiger partial charge in [-0.15, -0.1) is 0 Å². The Morgan fingerprint density at radius 2 is 1.75 bits per heavy atom. The van der Waals surface area contributed by atoms with E-state index in [0.29, 0.717) is 37.0 Å². The van der Waals surface area contributed by atoms with Crippen molar-refractivity contribution in [2.24, 2.45) is 7.05 Å². The maximum Gasteiger partial charge on any atom is 0.255 e. The number of benzene rings is 2. The van der Waals surface area contributed by atoms with Crippen LogP contribution >= 0.6 is 0 Å². The number of rotatable bonds is 4. The maximum absolute atomic E-state index is 12.6. The van der Waals surface area contributed by atoms with Crippen molar-refractivity contribution in [2.45, 2.75) is 6.10 Å². The van der Waals surface area contributed by atoms with Gasteiger partial charge in [0.05, 0.1) is 24.5 Å². The average molecular weight is 425 g/mol. The van der Waals surface area contributed by atoms with E-state index in [-0.39, 0.29) is 11.7 Å². The minimum atomic E-state index is -0.126. The van der Waals surface area contributed by atoms with Crippen LogP contribution in [0.5, 0.6) is 0 Å². The van der Waals surface area contributed by atoms with Crippen molar-refractivity contribution in [3.8, 4) is 22.5 Å². The average Bonchev–Trinajstić information content (AvgIpc) is 2.87. The zero-order valence-corrected chi connectivity index (χ0v) is 17.8. The first-order valence-corrected chi connectivity index (χ1v) is 10.6. The van der Waals surface area contributed by atoms with Crippen molar-refractivity contribution in [3.63, 3.8) is 0 Å². The second-order valence-electron chi connectivity index (χ2n) is 7.73. The quantitative estimate of drug-likeness (QED) is 0.498. The molecule has 1 unspecified atom stereocenters. The summed E-state index contributed by atoms with van der Waals surface area (Å²) in [5.41, 5.74) is 4.50. The van der Waals surface area contributed by atoms with Crippen LogP contribution < -0.4 is 10.5 Å². The van der Waals surface area contributed by atoms with Gasteiger partial charge in [-0.05, 0) is 22.8 Å². The Balaban J connectivity index is 1.41.